The van der Waals surface area contributed by atoms with Gasteiger partial charge in [-0.15, -0.1) is 0 Å². The minimum Gasteiger partial charge on any atom is -0.396 e. The molecule has 2 unspecified atom stereocenters. The van der Waals surface area contributed by atoms with Crippen LogP contribution in [0.2, 0.25) is 0 Å². The van der Waals surface area contributed by atoms with Gasteiger partial charge in [-0.25, -0.2) is 0 Å². The van der Waals surface area contributed by atoms with Crippen molar-refractivity contribution in [3.63, 3.8) is 0 Å². The van der Waals surface area contributed by atoms with E-state index in [0.717, 1.165) is 0 Å². The van der Waals surface area contributed by atoms with Gasteiger partial charge in [0.25, 0.3) is 0 Å². The molecule has 142 valence electrons. The van der Waals surface area contributed by atoms with Crippen LogP contribution in [0.4, 0.5) is 0 Å². The maximum Gasteiger partial charge on any atom is 0.187 e. The quantitative estimate of drug-likeness (QED) is 0.361. The van der Waals surface area contributed by atoms with Crippen molar-refractivity contribution in [2.75, 3.05) is 19.8 Å². The molecule has 3 aliphatic carbocycles. The van der Waals surface area contributed by atoms with Crippen molar-refractivity contribution in [2.45, 2.75) is 61.7 Å². The minimum absolute atomic E-state index is 0.0216. The summed E-state index contributed by atoms with van der Waals surface area (Å²) in [5.74, 6) is -0.355. The number of ketones is 1. The first kappa shape index (κ1) is 17.7. The summed E-state index contributed by atoms with van der Waals surface area (Å²) in [7, 11) is 0. The Morgan fingerprint density at radius 3 is 2.56 bits per heavy atom. The van der Waals surface area contributed by atoms with E-state index >= 15 is 0 Å². The zero-order valence-electron chi connectivity index (χ0n) is 13.9. The van der Waals surface area contributed by atoms with Crippen LogP contribution in [-0.4, -0.2) is 93.0 Å². The van der Waals surface area contributed by atoms with Gasteiger partial charge < -0.3 is 39.7 Å². The topological polar surface area (TPSA) is 146 Å². The molecule has 9 atom stereocenters. The molecule has 25 heavy (non-hydrogen) atoms. The summed E-state index contributed by atoms with van der Waals surface area (Å²) in [6.45, 7) is 1.03. The zero-order chi connectivity index (χ0) is 18.2. The number of hydrogen-bond donors (Lipinski definition) is 5. The molecular formula is C16H24O9. The molecule has 9 nitrogen and oxygen atoms in total. The maximum absolute atomic E-state index is 12.3. The molecule has 0 aromatic rings. The third-order valence-electron chi connectivity index (χ3n) is 6.81. The molecule has 0 aromatic carbocycles. The van der Waals surface area contributed by atoms with Crippen LogP contribution in [0.5, 0.6) is 0 Å². The van der Waals surface area contributed by atoms with E-state index in [1.165, 1.54) is 0 Å². The Morgan fingerprint density at radius 2 is 1.92 bits per heavy atom. The molecule has 5 N–H and O–H groups in total. The molecule has 5 fully saturated rings. The van der Waals surface area contributed by atoms with Crippen LogP contribution in [-0.2, 0) is 19.0 Å². The van der Waals surface area contributed by atoms with E-state index in [1.807, 2.05) is 0 Å². The Balaban J connectivity index is 1.65. The van der Waals surface area contributed by atoms with Crippen LogP contribution in [0.3, 0.4) is 0 Å². The number of Topliss-reactive ketones (excluding diaryl/α,β-unsaturated/α-hetero) is 1. The Hall–Kier alpha value is -0.650. The summed E-state index contributed by atoms with van der Waals surface area (Å²) < 4.78 is 17.4. The van der Waals surface area contributed by atoms with E-state index in [9.17, 15) is 30.3 Å². The summed E-state index contributed by atoms with van der Waals surface area (Å²) in [5.41, 5.74) is -2.92. The zero-order valence-corrected chi connectivity index (χ0v) is 13.9. The molecule has 5 rings (SSSR count). The summed E-state index contributed by atoms with van der Waals surface area (Å²) in [5, 5.41) is 49.4. The first-order chi connectivity index (χ1) is 11.7. The van der Waals surface area contributed by atoms with Crippen molar-refractivity contribution in [2.24, 2.45) is 11.3 Å². The monoisotopic (exact) mass is 360 g/mol. The Kier molecular flexibility index (Phi) is 3.85. The van der Waals surface area contributed by atoms with E-state index < -0.39 is 53.9 Å². The molecule has 0 radical (unpaired) electrons. The maximum atomic E-state index is 12.3. The van der Waals surface area contributed by atoms with Crippen LogP contribution in [0, 0.1) is 11.3 Å². The molecule has 9 heteroatoms. The van der Waals surface area contributed by atoms with Crippen molar-refractivity contribution >= 4 is 5.78 Å². The lowest BCUT2D eigenvalue weighted by Crippen LogP contribution is -2.79. The second-order valence-corrected chi connectivity index (χ2v) is 7.88. The summed E-state index contributed by atoms with van der Waals surface area (Å²) >= 11 is 0. The Bertz CT molecular complexity index is 582. The van der Waals surface area contributed by atoms with Gasteiger partial charge in [0.1, 0.15) is 41.4 Å². The predicted octanol–water partition coefficient (Wildman–Crippen LogP) is -2.70. The molecule has 5 aliphatic rings. The number of aliphatic hydroxyl groups excluding tert-OH is 5. The van der Waals surface area contributed by atoms with Gasteiger partial charge in [0, 0.05) is 12.3 Å². The first-order valence-electron chi connectivity index (χ1n) is 8.51. The highest BCUT2D eigenvalue weighted by Gasteiger charge is 2.83. The number of hydrogen-bond acceptors (Lipinski definition) is 9. The van der Waals surface area contributed by atoms with Crippen LogP contribution in [0.25, 0.3) is 0 Å². The minimum atomic E-state index is -1.55. The van der Waals surface area contributed by atoms with Gasteiger partial charge >= 0.3 is 0 Å². The molecule has 3 saturated carbocycles. The standard InChI is InChI=1S/C16H24O9/c1-14-3-8(19)7-2-16(14,15(7,5-18)6-23-14)25-13-12(22)11(21)10(20)9(4-17)24-13/h7,9-13,17-18,20-22H,2-6H2,1H3/t7-,9+,10+,11-,12+,13-,14-,15?,16?/m0/s1. The lowest BCUT2D eigenvalue weighted by molar-refractivity contribution is -0.379. The van der Waals surface area contributed by atoms with Gasteiger partial charge in [-0.3, -0.25) is 4.79 Å². The van der Waals surface area contributed by atoms with Gasteiger partial charge in [-0.05, 0) is 13.3 Å². The van der Waals surface area contributed by atoms with E-state index in [4.69, 9.17) is 14.2 Å². The van der Waals surface area contributed by atoms with Crippen LogP contribution < -0.4 is 0 Å². The molecule has 0 spiro atoms. The van der Waals surface area contributed by atoms with E-state index in [1.54, 1.807) is 6.92 Å². The highest BCUT2D eigenvalue weighted by atomic mass is 16.7. The SMILES string of the molecule is C[C@]12CC(=O)[C@@H]3CC1(O[C@@H]1O[C@H](CO)[C@@H](O)[C@H](O)[C@H]1O)C3(CO)CO2. The van der Waals surface area contributed by atoms with Crippen molar-refractivity contribution in [3.8, 4) is 0 Å². The Morgan fingerprint density at radius 1 is 1.20 bits per heavy atom. The number of fused-ring (bicyclic) bond motifs is 1. The fourth-order valence-electron chi connectivity index (χ4n) is 5.21. The smallest absolute Gasteiger partial charge is 0.187 e. The Labute approximate surface area is 144 Å². The third-order valence-corrected chi connectivity index (χ3v) is 6.81. The number of aliphatic hydroxyl groups is 5. The van der Waals surface area contributed by atoms with Gasteiger partial charge in [-0.2, -0.15) is 0 Å². The lowest BCUT2D eigenvalue weighted by Gasteiger charge is -2.66. The van der Waals surface area contributed by atoms with Crippen molar-refractivity contribution < 1.29 is 44.5 Å². The van der Waals surface area contributed by atoms with Crippen LogP contribution in [0.15, 0.2) is 0 Å². The van der Waals surface area contributed by atoms with Crippen molar-refractivity contribution in [1.82, 2.24) is 0 Å². The largest absolute Gasteiger partial charge is 0.396 e. The number of ether oxygens (including phenoxy) is 3. The van der Waals surface area contributed by atoms with Crippen LogP contribution >= 0.6 is 0 Å². The third kappa shape index (κ3) is 1.93. The molecular weight excluding hydrogens is 336 g/mol. The highest BCUT2D eigenvalue weighted by molar-refractivity contribution is 5.88. The second kappa shape index (κ2) is 5.43. The number of carbonyl (C=O) groups is 1. The van der Waals surface area contributed by atoms with Gasteiger partial charge in [0.05, 0.1) is 25.2 Å². The molecule has 4 bridgehead atoms. The summed E-state index contributed by atoms with van der Waals surface area (Å²) in [4.78, 5) is 12.3. The first-order valence-corrected chi connectivity index (χ1v) is 8.51. The lowest BCUT2D eigenvalue weighted by atomic mass is 9.41. The fourth-order valence-corrected chi connectivity index (χ4v) is 5.21. The molecule has 0 amide bonds. The van der Waals surface area contributed by atoms with Crippen molar-refractivity contribution in [3.05, 3.63) is 0 Å². The summed E-state index contributed by atoms with van der Waals surface area (Å²) in [6, 6.07) is 0. The van der Waals surface area contributed by atoms with Gasteiger partial charge in [0.15, 0.2) is 6.29 Å². The molecule has 2 heterocycles. The van der Waals surface area contributed by atoms with E-state index in [-0.39, 0.29) is 31.3 Å². The average molecular weight is 360 g/mol. The molecule has 0 aromatic heterocycles. The molecule has 2 saturated heterocycles. The second-order valence-electron chi connectivity index (χ2n) is 7.88. The van der Waals surface area contributed by atoms with E-state index in [2.05, 4.69) is 0 Å². The average Bonchev–Trinajstić information content (AvgIpc) is 2.67. The van der Waals surface area contributed by atoms with Crippen molar-refractivity contribution in [1.29, 1.82) is 0 Å². The molecule has 2 aliphatic heterocycles. The number of rotatable bonds is 4. The van der Waals surface area contributed by atoms with Gasteiger partial charge in [-0.1, -0.05) is 0 Å². The van der Waals surface area contributed by atoms with E-state index in [0.29, 0.717) is 6.42 Å². The van der Waals surface area contributed by atoms with Crippen LogP contribution in [0.1, 0.15) is 19.8 Å². The summed E-state index contributed by atoms with van der Waals surface area (Å²) in [6.07, 6.45) is -6.51. The normalized spacial score (nSPS) is 57.4. The highest BCUT2D eigenvalue weighted by Crippen LogP contribution is 2.71. The number of carbonyl (C=O) groups excluding carboxylic acids is 1. The van der Waals surface area contributed by atoms with Gasteiger partial charge in [0.2, 0.25) is 0 Å². The fraction of sp³-hybridized carbons (Fsp3) is 0.938. The predicted molar refractivity (Wildman–Crippen MR) is 79.2 cm³/mol.